The third-order valence-electron chi connectivity index (χ3n) is 7.05. The normalized spacial score (nSPS) is 12.7. The molecule has 0 bridgehead atoms. The van der Waals surface area contributed by atoms with Gasteiger partial charge in [0.2, 0.25) is 21.8 Å². The second-order valence-electron chi connectivity index (χ2n) is 10.3. The summed E-state index contributed by atoms with van der Waals surface area (Å²) in [4.78, 5) is 29.2. The standard InChI is InChI=1S/C32H40BrN3O5S/c1-5-24(2)34-32(38)30(22-25-10-7-6-8-11-25)35(23-26-13-15-27(33)16-14-26)31(37)12-9-21-36(42(4,39)40)28-17-19-29(41-3)20-18-28/h6-8,10-11,13-20,24,30H,5,9,12,21-23H2,1-4H3,(H,34,38)/t24-,30-/m1/s1. The van der Waals surface area contributed by atoms with Crippen molar-refractivity contribution in [2.45, 2.75) is 58.2 Å². The molecule has 0 aliphatic rings. The summed E-state index contributed by atoms with van der Waals surface area (Å²) in [6.45, 7) is 4.30. The van der Waals surface area contributed by atoms with Crippen molar-refractivity contribution < 1.29 is 22.7 Å². The van der Waals surface area contributed by atoms with Crippen molar-refractivity contribution in [2.75, 3.05) is 24.2 Å². The summed E-state index contributed by atoms with van der Waals surface area (Å²) in [6.07, 6.45) is 2.61. The smallest absolute Gasteiger partial charge is 0.243 e. The average molecular weight is 659 g/mol. The lowest BCUT2D eigenvalue weighted by Gasteiger charge is -2.32. The number of methoxy groups -OCH3 is 1. The third kappa shape index (κ3) is 9.87. The molecule has 0 aliphatic heterocycles. The Bertz CT molecular complexity index is 1400. The van der Waals surface area contributed by atoms with E-state index in [4.69, 9.17) is 4.74 Å². The first-order valence-electron chi connectivity index (χ1n) is 14.0. The Morgan fingerprint density at radius 3 is 2.17 bits per heavy atom. The van der Waals surface area contributed by atoms with Gasteiger partial charge in [0.05, 0.1) is 19.1 Å². The fraction of sp³-hybridized carbons (Fsp3) is 0.375. The molecule has 0 radical (unpaired) electrons. The van der Waals surface area contributed by atoms with E-state index in [0.29, 0.717) is 17.9 Å². The predicted molar refractivity (Wildman–Crippen MR) is 171 cm³/mol. The molecule has 3 aromatic rings. The maximum Gasteiger partial charge on any atom is 0.243 e. The van der Waals surface area contributed by atoms with Crippen molar-refractivity contribution >= 4 is 43.5 Å². The van der Waals surface area contributed by atoms with E-state index in [9.17, 15) is 18.0 Å². The molecule has 226 valence electrons. The summed E-state index contributed by atoms with van der Waals surface area (Å²) in [5, 5.41) is 3.07. The number of ether oxygens (including phenoxy) is 1. The van der Waals surface area contributed by atoms with Crippen LogP contribution in [-0.4, -0.2) is 57.1 Å². The van der Waals surface area contributed by atoms with E-state index in [2.05, 4.69) is 21.2 Å². The van der Waals surface area contributed by atoms with Gasteiger partial charge in [-0.15, -0.1) is 0 Å². The quantitative estimate of drug-likeness (QED) is 0.231. The molecule has 0 fully saturated rings. The Labute approximate surface area is 258 Å². The molecule has 0 aromatic heterocycles. The molecule has 0 saturated carbocycles. The molecule has 2 atom stereocenters. The molecule has 8 nitrogen and oxygen atoms in total. The lowest BCUT2D eigenvalue weighted by Crippen LogP contribution is -2.52. The number of hydrogen-bond acceptors (Lipinski definition) is 5. The number of carbonyl (C=O) groups excluding carboxylic acids is 2. The summed E-state index contributed by atoms with van der Waals surface area (Å²) < 4.78 is 32.7. The van der Waals surface area contributed by atoms with Crippen LogP contribution in [0, 0.1) is 0 Å². The highest BCUT2D eigenvalue weighted by Crippen LogP contribution is 2.23. The van der Waals surface area contributed by atoms with Crippen molar-refractivity contribution in [2.24, 2.45) is 0 Å². The Morgan fingerprint density at radius 1 is 0.952 bits per heavy atom. The lowest BCUT2D eigenvalue weighted by molar-refractivity contribution is -0.141. The molecule has 1 N–H and O–H groups in total. The number of anilines is 1. The monoisotopic (exact) mass is 657 g/mol. The van der Waals surface area contributed by atoms with Crippen LogP contribution in [0.2, 0.25) is 0 Å². The molecule has 0 spiro atoms. The number of hydrogen-bond donors (Lipinski definition) is 1. The Kier molecular flexibility index (Phi) is 12.4. The highest BCUT2D eigenvalue weighted by atomic mass is 79.9. The van der Waals surface area contributed by atoms with Crippen molar-refractivity contribution in [1.29, 1.82) is 0 Å². The number of carbonyl (C=O) groups is 2. The highest BCUT2D eigenvalue weighted by Gasteiger charge is 2.31. The Balaban J connectivity index is 1.87. The number of halogens is 1. The van der Waals surface area contributed by atoms with Crippen molar-refractivity contribution in [1.82, 2.24) is 10.2 Å². The average Bonchev–Trinajstić information content (AvgIpc) is 2.97. The maximum atomic E-state index is 13.9. The van der Waals surface area contributed by atoms with E-state index >= 15 is 0 Å². The zero-order valence-corrected chi connectivity index (χ0v) is 27.0. The van der Waals surface area contributed by atoms with Crippen LogP contribution in [0.1, 0.15) is 44.2 Å². The van der Waals surface area contributed by atoms with Crippen LogP contribution >= 0.6 is 15.9 Å². The zero-order valence-electron chi connectivity index (χ0n) is 24.6. The van der Waals surface area contributed by atoms with Crippen LogP contribution in [0.3, 0.4) is 0 Å². The number of amides is 2. The van der Waals surface area contributed by atoms with Crippen molar-refractivity contribution in [3.05, 3.63) is 94.5 Å². The van der Waals surface area contributed by atoms with Crippen LogP contribution in [0.5, 0.6) is 5.75 Å². The minimum absolute atomic E-state index is 0.0479. The topological polar surface area (TPSA) is 96.0 Å². The van der Waals surface area contributed by atoms with E-state index < -0.39 is 16.1 Å². The first-order chi connectivity index (χ1) is 20.0. The van der Waals surface area contributed by atoms with Crippen molar-refractivity contribution in [3.63, 3.8) is 0 Å². The summed E-state index contributed by atoms with van der Waals surface area (Å²) >= 11 is 3.46. The van der Waals surface area contributed by atoms with Crippen LogP contribution in [0.25, 0.3) is 0 Å². The molecule has 2 amide bonds. The molecule has 0 heterocycles. The number of nitrogens with one attached hydrogen (secondary N) is 1. The van der Waals surface area contributed by atoms with Crippen molar-refractivity contribution in [3.8, 4) is 5.75 Å². The second-order valence-corrected chi connectivity index (χ2v) is 13.1. The Hall–Kier alpha value is -3.37. The van der Waals surface area contributed by atoms with Crippen LogP contribution in [-0.2, 0) is 32.6 Å². The molecular weight excluding hydrogens is 618 g/mol. The number of benzene rings is 3. The SMILES string of the molecule is CC[C@@H](C)NC(=O)[C@@H](Cc1ccccc1)N(Cc1ccc(Br)cc1)C(=O)CCCN(c1ccc(OC)cc1)S(C)(=O)=O. The van der Waals surface area contributed by atoms with E-state index in [0.717, 1.165) is 28.3 Å². The van der Waals surface area contributed by atoms with Gasteiger partial charge in [0.1, 0.15) is 11.8 Å². The fourth-order valence-electron chi connectivity index (χ4n) is 4.53. The first-order valence-corrected chi connectivity index (χ1v) is 16.7. The largest absolute Gasteiger partial charge is 0.497 e. The lowest BCUT2D eigenvalue weighted by atomic mass is 10.0. The molecule has 42 heavy (non-hydrogen) atoms. The third-order valence-corrected chi connectivity index (χ3v) is 8.77. The highest BCUT2D eigenvalue weighted by molar-refractivity contribution is 9.10. The predicted octanol–water partition coefficient (Wildman–Crippen LogP) is 5.56. The fourth-order valence-corrected chi connectivity index (χ4v) is 5.76. The summed E-state index contributed by atoms with van der Waals surface area (Å²) in [5.74, 6) is 0.182. The molecule has 3 rings (SSSR count). The molecule has 3 aromatic carbocycles. The van der Waals surface area contributed by atoms with Crippen LogP contribution in [0.4, 0.5) is 5.69 Å². The van der Waals surface area contributed by atoms with E-state index in [-0.39, 0.29) is 43.8 Å². The molecule has 0 unspecified atom stereocenters. The van der Waals surface area contributed by atoms with Gasteiger partial charge in [-0.3, -0.25) is 13.9 Å². The van der Waals surface area contributed by atoms with Gasteiger partial charge in [0, 0.05) is 36.4 Å². The molecule has 10 heteroatoms. The van der Waals surface area contributed by atoms with Crippen LogP contribution in [0.15, 0.2) is 83.3 Å². The number of rotatable bonds is 15. The van der Waals surface area contributed by atoms with Gasteiger partial charge in [-0.25, -0.2) is 8.42 Å². The van der Waals surface area contributed by atoms with E-state index in [1.807, 2.05) is 68.4 Å². The molecule has 0 aliphatic carbocycles. The van der Waals surface area contributed by atoms with E-state index in [1.54, 1.807) is 36.3 Å². The second kappa shape index (κ2) is 15.7. The van der Waals surface area contributed by atoms with E-state index in [1.165, 1.54) is 4.31 Å². The summed E-state index contributed by atoms with van der Waals surface area (Å²) in [5.41, 5.74) is 2.32. The maximum absolute atomic E-state index is 13.9. The van der Waals surface area contributed by atoms with Gasteiger partial charge in [-0.1, -0.05) is 65.3 Å². The van der Waals surface area contributed by atoms with Gasteiger partial charge in [-0.2, -0.15) is 0 Å². The summed E-state index contributed by atoms with van der Waals surface area (Å²) in [7, 11) is -2.05. The number of nitrogens with zero attached hydrogens (tertiary/aromatic N) is 2. The van der Waals surface area contributed by atoms with Crippen LogP contribution < -0.4 is 14.4 Å². The Morgan fingerprint density at radius 2 is 1.60 bits per heavy atom. The van der Waals surface area contributed by atoms with Gasteiger partial charge in [-0.05, 0) is 67.3 Å². The summed E-state index contributed by atoms with van der Waals surface area (Å²) in [6, 6.07) is 23.3. The van der Waals surface area contributed by atoms with Gasteiger partial charge in [0.25, 0.3) is 0 Å². The number of sulfonamides is 1. The van der Waals surface area contributed by atoms with Gasteiger partial charge >= 0.3 is 0 Å². The molecule has 0 saturated heterocycles. The minimum atomic E-state index is -3.60. The van der Waals surface area contributed by atoms with Gasteiger partial charge < -0.3 is 15.0 Å². The molecular formula is C32H40BrN3O5S. The zero-order chi connectivity index (χ0) is 30.7. The van der Waals surface area contributed by atoms with Gasteiger partial charge in [0.15, 0.2) is 0 Å². The first kappa shape index (κ1) is 33.1. The minimum Gasteiger partial charge on any atom is -0.497 e.